The number of nitrogens with zero attached hydrogens (tertiary/aromatic N) is 2. The summed E-state index contributed by atoms with van der Waals surface area (Å²) >= 11 is 3.45. The molecule has 0 saturated heterocycles. The van der Waals surface area contributed by atoms with Crippen LogP contribution in [0.4, 0.5) is 0 Å². The zero-order valence-corrected chi connectivity index (χ0v) is 10.5. The van der Waals surface area contributed by atoms with Crippen LogP contribution >= 0.6 is 15.9 Å². The molecule has 0 unspecified atom stereocenters. The molecule has 4 heteroatoms. The van der Waals surface area contributed by atoms with Crippen LogP contribution in [-0.2, 0) is 0 Å². The quantitative estimate of drug-likeness (QED) is 0.841. The van der Waals surface area contributed by atoms with Crippen molar-refractivity contribution in [1.82, 2.24) is 10.2 Å². The predicted octanol–water partition coefficient (Wildman–Crippen LogP) is 3.68. The molecule has 0 radical (unpaired) electrons. The molecule has 0 amide bonds. The van der Waals surface area contributed by atoms with Crippen LogP contribution in [-0.4, -0.2) is 10.2 Å². The third kappa shape index (κ3) is 1.78. The highest BCUT2D eigenvalue weighted by Crippen LogP contribution is 2.40. The molecule has 0 aliphatic heterocycles. The summed E-state index contributed by atoms with van der Waals surface area (Å²) in [6, 6.07) is 6.07. The normalized spacial score (nSPS) is 15.4. The van der Waals surface area contributed by atoms with E-state index >= 15 is 0 Å². The molecular weight excluding hydrogens is 268 g/mol. The van der Waals surface area contributed by atoms with Crippen molar-refractivity contribution < 1.29 is 4.42 Å². The van der Waals surface area contributed by atoms with Crippen molar-refractivity contribution in [3.63, 3.8) is 0 Å². The molecule has 0 N–H and O–H groups in total. The van der Waals surface area contributed by atoms with Crippen molar-refractivity contribution in [2.45, 2.75) is 25.7 Å². The van der Waals surface area contributed by atoms with E-state index in [9.17, 15) is 0 Å². The van der Waals surface area contributed by atoms with Gasteiger partial charge in [-0.15, -0.1) is 10.2 Å². The Morgan fingerprint density at radius 3 is 2.88 bits per heavy atom. The minimum absolute atomic E-state index is 0.508. The van der Waals surface area contributed by atoms with Gasteiger partial charge in [0.15, 0.2) is 0 Å². The first-order valence-corrected chi connectivity index (χ1v) is 6.13. The van der Waals surface area contributed by atoms with Crippen molar-refractivity contribution in [3.8, 4) is 11.5 Å². The molecule has 0 bridgehead atoms. The summed E-state index contributed by atoms with van der Waals surface area (Å²) in [7, 11) is 0. The van der Waals surface area contributed by atoms with Crippen LogP contribution in [0.25, 0.3) is 11.5 Å². The lowest BCUT2D eigenvalue weighted by molar-refractivity contribution is 0.508. The third-order valence-corrected chi connectivity index (χ3v) is 3.29. The van der Waals surface area contributed by atoms with E-state index in [0.717, 1.165) is 21.5 Å². The van der Waals surface area contributed by atoms with E-state index in [-0.39, 0.29) is 0 Å². The second kappa shape index (κ2) is 3.70. The van der Waals surface area contributed by atoms with Crippen LogP contribution in [0.2, 0.25) is 0 Å². The summed E-state index contributed by atoms with van der Waals surface area (Å²) in [5.41, 5.74) is 2.16. The number of hydrogen-bond acceptors (Lipinski definition) is 3. The molecule has 1 fully saturated rings. The van der Waals surface area contributed by atoms with Crippen molar-refractivity contribution in [2.24, 2.45) is 0 Å². The molecule has 0 spiro atoms. The maximum Gasteiger partial charge on any atom is 0.248 e. The minimum Gasteiger partial charge on any atom is -0.420 e. The van der Waals surface area contributed by atoms with Gasteiger partial charge in [-0.05, 0) is 37.5 Å². The predicted molar refractivity (Wildman–Crippen MR) is 64.1 cm³/mol. The zero-order valence-electron chi connectivity index (χ0n) is 8.90. The summed E-state index contributed by atoms with van der Waals surface area (Å²) in [4.78, 5) is 0. The topological polar surface area (TPSA) is 38.9 Å². The average Bonchev–Trinajstić information content (AvgIpc) is 3.01. The Bertz CT molecular complexity index is 532. The maximum absolute atomic E-state index is 5.69. The Hall–Kier alpha value is -1.16. The van der Waals surface area contributed by atoms with Gasteiger partial charge in [0.25, 0.3) is 0 Å². The first-order valence-electron chi connectivity index (χ1n) is 5.34. The van der Waals surface area contributed by atoms with Crippen molar-refractivity contribution in [3.05, 3.63) is 34.1 Å². The molecule has 82 valence electrons. The molecule has 3 nitrogen and oxygen atoms in total. The van der Waals surface area contributed by atoms with Crippen LogP contribution in [0.3, 0.4) is 0 Å². The first kappa shape index (κ1) is 10.0. The number of aryl methyl sites for hydroxylation is 1. The van der Waals surface area contributed by atoms with E-state index < -0.39 is 0 Å². The standard InChI is InChI=1S/C12H11BrN2O/c1-7-2-5-9(13)6-10(7)12-15-14-11(16-12)8-3-4-8/h2,5-6,8H,3-4H2,1H3. The summed E-state index contributed by atoms with van der Waals surface area (Å²) < 4.78 is 6.71. The van der Waals surface area contributed by atoms with E-state index in [0.29, 0.717) is 11.8 Å². The molecular formula is C12H11BrN2O. The highest BCUT2D eigenvalue weighted by atomic mass is 79.9. The Morgan fingerprint density at radius 1 is 1.31 bits per heavy atom. The van der Waals surface area contributed by atoms with Crippen LogP contribution in [0.15, 0.2) is 27.1 Å². The lowest BCUT2D eigenvalue weighted by Gasteiger charge is -2.00. The summed E-state index contributed by atoms with van der Waals surface area (Å²) in [6.07, 6.45) is 2.36. The largest absolute Gasteiger partial charge is 0.420 e. The Labute approximate surface area is 102 Å². The first-order chi connectivity index (χ1) is 7.74. The van der Waals surface area contributed by atoms with E-state index in [1.807, 2.05) is 25.1 Å². The molecule has 1 aliphatic rings. The second-order valence-corrected chi connectivity index (χ2v) is 5.09. The molecule has 16 heavy (non-hydrogen) atoms. The van der Waals surface area contributed by atoms with Gasteiger partial charge >= 0.3 is 0 Å². The SMILES string of the molecule is Cc1ccc(Br)cc1-c1nnc(C2CC2)o1. The Kier molecular flexibility index (Phi) is 2.32. The van der Waals surface area contributed by atoms with Crippen LogP contribution in [0, 0.1) is 6.92 Å². The Morgan fingerprint density at radius 2 is 2.12 bits per heavy atom. The van der Waals surface area contributed by atoms with Crippen LogP contribution < -0.4 is 0 Å². The molecule has 1 aliphatic carbocycles. The lowest BCUT2D eigenvalue weighted by Crippen LogP contribution is -1.83. The average molecular weight is 279 g/mol. The van der Waals surface area contributed by atoms with Gasteiger partial charge < -0.3 is 4.42 Å². The van der Waals surface area contributed by atoms with E-state index in [1.165, 1.54) is 12.8 Å². The molecule has 1 aromatic heterocycles. The fraction of sp³-hybridized carbons (Fsp3) is 0.333. The fourth-order valence-corrected chi connectivity index (χ4v) is 2.02. The van der Waals surface area contributed by atoms with Crippen LogP contribution in [0.5, 0.6) is 0 Å². The van der Waals surface area contributed by atoms with E-state index in [2.05, 4.69) is 26.1 Å². The van der Waals surface area contributed by atoms with E-state index in [4.69, 9.17) is 4.42 Å². The fourth-order valence-electron chi connectivity index (χ4n) is 1.66. The molecule has 2 aromatic rings. The van der Waals surface area contributed by atoms with Crippen LogP contribution in [0.1, 0.15) is 30.2 Å². The molecule has 0 atom stereocenters. The monoisotopic (exact) mass is 278 g/mol. The van der Waals surface area contributed by atoms with Gasteiger partial charge in [-0.2, -0.15) is 0 Å². The second-order valence-electron chi connectivity index (χ2n) is 4.18. The highest BCUT2D eigenvalue weighted by molar-refractivity contribution is 9.10. The number of hydrogen-bond donors (Lipinski definition) is 0. The van der Waals surface area contributed by atoms with E-state index in [1.54, 1.807) is 0 Å². The molecule has 3 rings (SSSR count). The van der Waals surface area contributed by atoms with Gasteiger partial charge in [0.2, 0.25) is 11.8 Å². The Balaban J connectivity index is 2.03. The minimum atomic E-state index is 0.508. The van der Waals surface area contributed by atoms with Gasteiger partial charge in [0, 0.05) is 16.0 Å². The molecule has 1 aromatic carbocycles. The smallest absolute Gasteiger partial charge is 0.248 e. The van der Waals surface area contributed by atoms with Gasteiger partial charge in [-0.25, -0.2) is 0 Å². The highest BCUT2D eigenvalue weighted by Gasteiger charge is 2.29. The molecule has 1 heterocycles. The van der Waals surface area contributed by atoms with Crippen molar-refractivity contribution in [2.75, 3.05) is 0 Å². The maximum atomic E-state index is 5.69. The summed E-state index contributed by atoms with van der Waals surface area (Å²) in [5, 5.41) is 8.21. The van der Waals surface area contributed by atoms with Gasteiger partial charge in [-0.3, -0.25) is 0 Å². The third-order valence-electron chi connectivity index (χ3n) is 2.80. The van der Waals surface area contributed by atoms with Gasteiger partial charge in [0.05, 0.1) is 0 Å². The molecule has 1 saturated carbocycles. The zero-order chi connectivity index (χ0) is 11.1. The number of aromatic nitrogens is 2. The van der Waals surface area contributed by atoms with Crippen molar-refractivity contribution in [1.29, 1.82) is 0 Å². The van der Waals surface area contributed by atoms with Crippen molar-refractivity contribution >= 4 is 15.9 Å². The number of rotatable bonds is 2. The van der Waals surface area contributed by atoms with Gasteiger partial charge in [-0.1, -0.05) is 22.0 Å². The van der Waals surface area contributed by atoms with Gasteiger partial charge in [0.1, 0.15) is 0 Å². The summed E-state index contributed by atoms with van der Waals surface area (Å²) in [6.45, 7) is 2.04. The lowest BCUT2D eigenvalue weighted by atomic mass is 10.1. The number of halogens is 1. The number of benzene rings is 1. The summed E-state index contributed by atoms with van der Waals surface area (Å²) in [5.74, 6) is 1.92.